The predicted octanol–water partition coefficient (Wildman–Crippen LogP) is 4.10. The van der Waals surface area contributed by atoms with Gasteiger partial charge in [0.1, 0.15) is 0 Å². The molecule has 0 saturated heterocycles. The van der Waals surface area contributed by atoms with Crippen LogP contribution in [0.2, 0.25) is 0 Å². The number of aromatic carboxylic acids is 1. The van der Waals surface area contributed by atoms with Gasteiger partial charge in [-0.1, -0.05) is 24.3 Å². The van der Waals surface area contributed by atoms with E-state index in [1.165, 1.54) is 6.07 Å². The SMILES string of the molecule is Cc1cccc(C(=O)O)c1NC(=O)Nc1ccccc1Br. The second-order valence-corrected chi connectivity index (χ2v) is 5.22. The van der Waals surface area contributed by atoms with E-state index in [1.807, 2.05) is 6.07 Å². The fourth-order valence-electron chi connectivity index (χ4n) is 1.84. The summed E-state index contributed by atoms with van der Waals surface area (Å²) in [4.78, 5) is 23.2. The van der Waals surface area contributed by atoms with Gasteiger partial charge in [0, 0.05) is 4.47 Å². The van der Waals surface area contributed by atoms with Crippen LogP contribution < -0.4 is 10.6 Å². The van der Waals surface area contributed by atoms with Gasteiger partial charge in [-0.2, -0.15) is 0 Å². The number of aryl methyl sites for hydroxylation is 1. The van der Waals surface area contributed by atoms with Crippen LogP contribution in [0.25, 0.3) is 0 Å². The lowest BCUT2D eigenvalue weighted by atomic mass is 10.1. The molecule has 0 aliphatic carbocycles. The molecule has 0 fully saturated rings. The maximum Gasteiger partial charge on any atom is 0.337 e. The number of carbonyl (C=O) groups excluding carboxylic acids is 1. The molecule has 21 heavy (non-hydrogen) atoms. The number of carboxylic acid groups (broad SMARTS) is 1. The van der Waals surface area contributed by atoms with E-state index >= 15 is 0 Å². The summed E-state index contributed by atoms with van der Waals surface area (Å²) in [7, 11) is 0. The highest BCUT2D eigenvalue weighted by Crippen LogP contribution is 2.23. The molecule has 0 bridgehead atoms. The van der Waals surface area contributed by atoms with Crippen LogP contribution in [0.3, 0.4) is 0 Å². The number of rotatable bonds is 3. The van der Waals surface area contributed by atoms with Crippen LogP contribution in [0, 0.1) is 6.92 Å². The number of benzene rings is 2. The lowest BCUT2D eigenvalue weighted by Crippen LogP contribution is -2.21. The van der Waals surface area contributed by atoms with Gasteiger partial charge in [-0.3, -0.25) is 0 Å². The second kappa shape index (κ2) is 6.41. The summed E-state index contributed by atoms with van der Waals surface area (Å²) in [5, 5.41) is 14.4. The van der Waals surface area contributed by atoms with Crippen molar-refractivity contribution in [1.29, 1.82) is 0 Å². The van der Waals surface area contributed by atoms with Crippen LogP contribution in [0.4, 0.5) is 16.2 Å². The minimum absolute atomic E-state index is 0.0530. The minimum atomic E-state index is -1.09. The summed E-state index contributed by atoms with van der Waals surface area (Å²) in [5.41, 5.74) is 1.62. The van der Waals surface area contributed by atoms with Crippen molar-refractivity contribution in [1.82, 2.24) is 0 Å². The second-order valence-electron chi connectivity index (χ2n) is 4.36. The minimum Gasteiger partial charge on any atom is -0.478 e. The molecule has 6 heteroatoms. The number of halogens is 1. The Hall–Kier alpha value is -2.34. The van der Waals surface area contributed by atoms with Crippen molar-refractivity contribution < 1.29 is 14.7 Å². The highest BCUT2D eigenvalue weighted by atomic mass is 79.9. The number of anilines is 2. The fraction of sp³-hybridized carbons (Fsp3) is 0.0667. The molecule has 3 N–H and O–H groups in total. The standard InChI is InChI=1S/C15H13BrN2O3/c1-9-5-4-6-10(14(19)20)13(9)18-15(21)17-12-8-3-2-7-11(12)16/h2-8H,1H3,(H,19,20)(H2,17,18,21). The molecule has 0 unspecified atom stereocenters. The zero-order chi connectivity index (χ0) is 15.4. The quantitative estimate of drug-likeness (QED) is 0.781. The van der Waals surface area contributed by atoms with Crippen LogP contribution in [-0.4, -0.2) is 17.1 Å². The van der Waals surface area contributed by atoms with E-state index in [9.17, 15) is 9.59 Å². The molecule has 0 aromatic heterocycles. The summed E-state index contributed by atoms with van der Waals surface area (Å²) in [6.07, 6.45) is 0. The monoisotopic (exact) mass is 348 g/mol. The molecule has 5 nitrogen and oxygen atoms in total. The number of urea groups is 1. The fourth-order valence-corrected chi connectivity index (χ4v) is 2.23. The van der Waals surface area contributed by atoms with Crippen molar-refractivity contribution >= 4 is 39.3 Å². The van der Waals surface area contributed by atoms with Gasteiger partial charge in [0.15, 0.2) is 0 Å². The summed E-state index contributed by atoms with van der Waals surface area (Å²) in [6, 6.07) is 11.5. The van der Waals surface area contributed by atoms with E-state index in [-0.39, 0.29) is 11.3 Å². The molecule has 2 aromatic carbocycles. The average molecular weight is 349 g/mol. The van der Waals surface area contributed by atoms with Crippen molar-refractivity contribution in [2.45, 2.75) is 6.92 Å². The molecule has 0 spiro atoms. The number of para-hydroxylation sites is 2. The third-order valence-corrected chi connectivity index (χ3v) is 3.56. The maximum atomic E-state index is 12.0. The van der Waals surface area contributed by atoms with Crippen molar-refractivity contribution in [3.05, 3.63) is 58.1 Å². The van der Waals surface area contributed by atoms with E-state index in [4.69, 9.17) is 5.11 Å². The first-order chi connectivity index (χ1) is 9.99. The first-order valence-electron chi connectivity index (χ1n) is 6.14. The number of amides is 2. The van der Waals surface area contributed by atoms with E-state index in [0.29, 0.717) is 11.3 Å². The van der Waals surface area contributed by atoms with E-state index in [2.05, 4.69) is 26.6 Å². The topological polar surface area (TPSA) is 78.4 Å². The lowest BCUT2D eigenvalue weighted by molar-refractivity contribution is 0.0698. The van der Waals surface area contributed by atoms with Crippen molar-refractivity contribution in [2.24, 2.45) is 0 Å². The van der Waals surface area contributed by atoms with Crippen molar-refractivity contribution in [3.8, 4) is 0 Å². The highest BCUT2D eigenvalue weighted by Gasteiger charge is 2.14. The largest absolute Gasteiger partial charge is 0.478 e. The maximum absolute atomic E-state index is 12.0. The van der Waals surface area contributed by atoms with Crippen LogP contribution in [0.5, 0.6) is 0 Å². The lowest BCUT2D eigenvalue weighted by Gasteiger charge is -2.13. The predicted molar refractivity (Wildman–Crippen MR) is 84.9 cm³/mol. The van der Waals surface area contributed by atoms with Gasteiger partial charge < -0.3 is 15.7 Å². The third-order valence-electron chi connectivity index (χ3n) is 2.86. The zero-order valence-corrected chi connectivity index (χ0v) is 12.8. The molecule has 108 valence electrons. The highest BCUT2D eigenvalue weighted by molar-refractivity contribution is 9.10. The van der Waals surface area contributed by atoms with Crippen LogP contribution in [0.15, 0.2) is 46.9 Å². The van der Waals surface area contributed by atoms with Gasteiger partial charge in [-0.15, -0.1) is 0 Å². The molecule has 0 atom stereocenters. The summed E-state index contributed by atoms with van der Waals surface area (Å²) in [6.45, 7) is 1.74. The number of carboxylic acids is 1. The van der Waals surface area contributed by atoms with E-state index in [1.54, 1.807) is 37.3 Å². The summed E-state index contributed by atoms with van der Waals surface area (Å²) >= 11 is 3.33. The van der Waals surface area contributed by atoms with Crippen molar-refractivity contribution in [3.63, 3.8) is 0 Å². The molecule has 2 amide bonds. The Morgan fingerprint density at radius 3 is 2.43 bits per heavy atom. The van der Waals surface area contributed by atoms with Gasteiger partial charge in [-0.05, 0) is 46.6 Å². The molecule has 0 radical (unpaired) electrons. The number of hydrogen-bond acceptors (Lipinski definition) is 2. The first-order valence-corrected chi connectivity index (χ1v) is 6.94. The summed E-state index contributed by atoms with van der Waals surface area (Å²) in [5.74, 6) is -1.09. The Kier molecular flexibility index (Phi) is 4.59. The molecule has 0 aliphatic heterocycles. The number of hydrogen-bond donors (Lipinski definition) is 3. The number of carbonyl (C=O) groups is 2. The van der Waals surface area contributed by atoms with Crippen LogP contribution in [-0.2, 0) is 0 Å². The normalized spacial score (nSPS) is 10.0. The molecule has 2 aromatic rings. The molecule has 0 saturated carbocycles. The first kappa shape index (κ1) is 15.1. The molecular formula is C15H13BrN2O3. The molecule has 0 aliphatic rings. The van der Waals surface area contributed by atoms with Gasteiger partial charge in [-0.25, -0.2) is 9.59 Å². The van der Waals surface area contributed by atoms with Gasteiger partial charge in [0.05, 0.1) is 16.9 Å². The third kappa shape index (κ3) is 3.61. The zero-order valence-electron chi connectivity index (χ0n) is 11.2. The van der Waals surface area contributed by atoms with E-state index < -0.39 is 12.0 Å². The number of nitrogens with one attached hydrogen (secondary N) is 2. The molecule has 2 rings (SSSR count). The molecule has 0 heterocycles. The average Bonchev–Trinajstić information content (AvgIpc) is 2.43. The van der Waals surface area contributed by atoms with Crippen molar-refractivity contribution in [2.75, 3.05) is 10.6 Å². The van der Waals surface area contributed by atoms with Crippen LogP contribution in [0.1, 0.15) is 15.9 Å². The Labute approximate surface area is 130 Å². The Balaban J connectivity index is 2.21. The Morgan fingerprint density at radius 1 is 1.05 bits per heavy atom. The van der Waals surface area contributed by atoms with E-state index in [0.717, 1.165) is 4.47 Å². The molecular weight excluding hydrogens is 336 g/mol. The van der Waals surface area contributed by atoms with Gasteiger partial charge in [0.2, 0.25) is 0 Å². The van der Waals surface area contributed by atoms with Gasteiger partial charge >= 0.3 is 12.0 Å². The van der Waals surface area contributed by atoms with Gasteiger partial charge in [0.25, 0.3) is 0 Å². The van der Waals surface area contributed by atoms with Crippen LogP contribution >= 0.6 is 15.9 Å². The summed E-state index contributed by atoms with van der Waals surface area (Å²) < 4.78 is 0.739. The smallest absolute Gasteiger partial charge is 0.337 e. The Morgan fingerprint density at radius 2 is 1.76 bits per heavy atom. The Bertz CT molecular complexity index is 701.